The van der Waals surface area contributed by atoms with Gasteiger partial charge in [-0.1, -0.05) is 25.4 Å². The quantitative estimate of drug-likeness (QED) is 0.753. The Balaban J connectivity index is 1.98. The van der Waals surface area contributed by atoms with Gasteiger partial charge in [0.2, 0.25) is 0 Å². The van der Waals surface area contributed by atoms with Crippen molar-refractivity contribution in [1.29, 1.82) is 0 Å². The second kappa shape index (κ2) is 5.31. The van der Waals surface area contributed by atoms with E-state index in [9.17, 15) is 4.79 Å². The summed E-state index contributed by atoms with van der Waals surface area (Å²) in [6, 6.07) is 5.25. The molecule has 0 unspecified atom stereocenters. The van der Waals surface area contributed by atoms with Gasteiger partial charge in [0, 0.05) is 5.56 Å². The fourth-order valence-electron chi connectivity index (χ4n) is 2.36. The van der Waals surface area contributed by atoms with Crippen molar-refractivity contribution in [2.75, 3.05) is 0 Å². The first-order chi connectivity index (χ1) is 8.50. The molecular formula is C15H19ClO2. The molecule has 0 heterocycles. The van der Waals surface area contributed by atoms with Crippen LogP contribution in [-0.2, 0) is 0 Å². The molecule has 0 aromatic heterocycles. The van der Waals surface area contributed by atoms with Gasteiger partial charge in [-0.15, -0.1) is 0 Å². The van der Waals surface area contributed by atoms with E-state index in [2.05, 4.69) is 13.8 Å². The Bertz CT molecular complexity index is 430. The van der Waals surface area contributed by atoms with Gasteiger partial charge in [-0.3, -0.25) is 4.79 Å². The van der Waals surface area contributed by atoms with E-state index in [-0.39, 0.29) is 6.10 Å². The smallest absolute Gasteiger partial charge is 0.151 e. The third-order valence-electron chi connectivity index (χ3n) is 3.69. The number of carbonyl (C=O) groups excluding carboxylic acids is 1. The first-order valence-electron chi connectivity index (χ1n) is 6.41. The van der Waals surface area contributed by atoms with Crippen molar-refractivity contribution >= 4 is 17.9 Å². The molecule has 1 aromatic rings. The first-order valence-corrected chi connectivity index (χ1v) is 6.79. The van der Waals surface area contributed by atoms with Gasteiger partial charge in [-0.05, 0) is 49.3 Å². The number of carbonyl (C=O) groups is 1. The molecule has 1 aliphatic rings. The molecule has 2 nitrogen and oxygen atoms in total. The van der Waals surface area contributed by atoms with E-state index in [4.69, 9.17) is 16.3 Å². The summed E-state index contributed by atoms with van der Waals surface area (Å²) >= 11 is 5.98. The molecule has 1 aromatic carbocycles. The molecule has 1 saturated carbocycles. The molecular weight excluding hydrogens is 248 g/mol. The van der Waals surface area contributed by atoms with Crippen molar-refractivity contribution in [1.82, 2.24) is 0 Å². The zero-order valence-corrected chi connectivity index (χ0v) is 11.7. The summed E-state index contributed by atoms with van der Waals surface area (Å²) in [6.45, 7) is 4.61. The summed E-state index contributed by atoms with van der Waals surface area (Å²) in [5.41, 5.74) is 0.951. The third-order valence-corrected chi connectivity index (χ3v) is 4.02. The van der Waals surface area contributed by atoms with Gasteiger partial charge in [-0.25, -0.2) is 0 Å². The van der Waals surface area contributed by atoms with Crippen LogP contribution in [0.2, 0.25) is 5.02 Å². The second-order valence-electron chi connectivity index (χ2n) is 5.78. The van der Waals surface area contributed by atoms with E-state index in [1.54, 1.807) is 12.1 Å². The average Bonchev–Trinajstić information content (AvgIpc) is 2.32. The highest BCUT2D eigenvalue weighted by atomic mass is 35.5. The number of ether oxygens (including phenoxy) is 1. The Morgan fingerprint density at radius 1 is 1.33 bits per heavy atom. The fourth-order valence-corrected chi connectivity index (χ4v) is 2.57. The molecule has 0 amide bonds. The molecule has 0 aliphatic heterocycles. The highest BCUT2D eigenvalue weighted by Crippen LogP contribution is 2.36. The summed E-state index contributed by atoms with van der Waals surface area (Å²) < 4.78 is 5.93. The zero-order chi connectivity index (χ0) is 13.2. The number of benzene rings is 1. The van der Waals surface area contributed by atoms with E-state index >= 15 is 0 Å². The standard InChI is InChI=1S/C15H19ClO2/c1-15(2)7-5-12(6-8-15)18-13-4-3-11(10-17)14(16)9-13/h3-4,9-10,12H,5-8H2,1-2H3. The molecule has 3 heteroatoms. The van der Waals surface area contributed by atoms with Gasteiger partial charge in [-0.2, -0.15) is 0 Å². The Labute approximate surface area is 113 Å². The van der Waals surface area contributed by atoms with Gasteiger partial charge >= 0.3 is 0 Å². The lowest BCUT2D eigenvalue weighted by Crippen LogP contribution is -2.28. The van der Waals surface area contributed by atoms with Crippen LogP contribution in [0.5, 0.6) is 5.75 Å². The van der Waals surface area contributed by atoms with Crippen molar-refractivity contribution in [3.8, 4) is 5.75 Å². The lowest BCUT2D eigenvalue weighted by atomic mass is 9.76. The van der Waals surface area contributed by atoms with Crippen molar-refractivity contribution in [3.63, 3.8) is 0 Å². The highest BCUT2D eigenvalue weighted by Gasteiger charge is 2.27. The highest BCUT2D eigenvalue weighted by molar-refractivity contribution is 6.33. The Hall–Kier alpha value is -1.02. The largest absolute Gasteiger partial charge is 0.490 e. The maximum atomic E-state index is 10.7. The summed E-state index contributed by atoms with van der Waals surface area (Å²) in [5.74, 6) is 0.760. The summed E-state index contributed by atoms with van der Waals surface area (Å²) in [7, 11) is 0. The SMILES string of the molecule is CC1(C)CCC(Oc2ccc(C=O)c(Cl)c2)CC1. The Morgan fingerprint density at radius 3 is 2.56 bits per heavy atom. The van der Waals surface area contributed by atoms with Crippen LogP contribution in [0.15, 0.2) is 18.2 Å². The van der Waals surface area contributed by atoms with Gasteiger partial charge in [0.05, 0.1) is 11.1 Å². The maximum Gasteiger partial charge on any atom is 0.151 e. The number of hydrogen-bond donors (Lipinski definition) is 0. The van der Waals surface area contributed by atoms with Crippen LogP contribution in [0.25, 0.3) is 0 Å². The zero-order valence-electron chi connectivity index (χ0n) is 10.9. The minimum absolute atomic E-state index is 0.274. The van der Waals surface area contributed by atoms with Crippen LogP contribution in [0.4, 0.5) is 0 Å². The molecule has 2 rings (SSSR count). The summed E-state index contributed by atoms with van der Waals surface area (Å²) in [6.07, 6.45) is 5.58. The average molecular weight is 267 g/mol. The molecule has 0 atom stereocenters. The van der Waals surface area contributed by atoms with Crippen LogP contribution in [0.3, 0.4) is 0 Å². The molecule has 1 aliphatic carbocycles. The van der Waals surface area contributed by atoms with Crippen LogP contribution in [-0.4, -0.2) is 12.4 Å². The number of rotatable bonds is 3. The minimum Gasteiger partial charge on any atom is -0.490 e. The predicted molar refractivity (Wildman–Crippen MR) is 73.5 cm³/mol. The molecule has 0 N–H and O–H groups in total. The molecule has 0 radical (unpaired) electrons. The summed E-state index contributed by atoms with van der Waals surface area (Å²) in [5, 5.41) is 0.457. The van der Waals surface area contributed by atoms with Crippen molar-refractivity contribution in [2.45, 2.75) is 45.6 Å². The van der Waals surface area contributed by atoms with Crippen LogP contribution in [0, 0.1) is 5.41 Å². The van der Waals surface area contributed by atoms with E-state index in [1.807, 2.05) is 6.07 Å². The lowest BCUT2D eigenvalue weighted by Gasteiger charge is -2.34. The minimum atomic E-state index is 0.274. The van der Waals surface area contributed by atoms with E-state index in [0.29, 0.717) is 16.0 Å². The lowest BCUT2D eigenvalue weighted by molar-refractivity contribution is 0.0987. The monoisotopic (exact) mass is 266 g/mol. The van der Waals surface area contributed by atoms with Crippen molar-refractivity contribution < 1.29 is 9.53 Å². The van der Waals surface area contributed by atoms with Crippen LogP contribution >= 0.6 is 11.6 Å². The number of aldehydes is 1. The van der Waals surface area contributed by atoms with Gasteiger partial charge < -0.3 is 4.74 Å². The predicted octanol–water partition coefficient (Wildman–Crippen LogP) is 4.50. The Morgan fingerprint density at radius 2 is 2.00 bits per heavy atom. The Kier molecular flexibility index (Phi) is 3.96. The van der Waals surface area contributed by atoms with Crippen molar-refractivity contribution in [2.24, 2.45) is 5.41 Å². The van der Waals surface area contributed by atoms with Gasteiger partial charge in [0.15, 0.2) is 6.29 Å². The third kappa shape index (κ3) is 3.26. The van der Waals surface area contributed by atoms with Crippen molar-refractivity contribution in [3.05, 3.63) is 28.8 Å². The maximum absolute atomic E-state index is 10.7. The van der Waals surface area contributed by atoms with Crippen LogP contribution < -0.4 is 4.74 Å². The normalized spacial score (nSPS) is 19.5. The molecule has 98 valence electrons. The summed E-state index contributed by atoms with van der Waals surface area (Å²) in [4.78, 5) is 10.7. The second-order valence-corrected chi connectivity index (χ2v) is 6.19. The van der Waals surface area contributed by atoms with E-state index in [0.717, 1.165) is 24.9 Å². The number of hydrogen-bond acceptors (Lipinski definition) is 2. The molecule has 0 saturated heterocycles. The first kappa shape index (κ1) is 13.4. The molecule has 0 spiro atoms. The van der Waals surface area contributed by atoms with E-state index < -0.39 is 0 Å². The fraction of sp³-hybridized carbons (Fsp3) is 0.533. The van der Waals surface area contributed by atoms with Gasteiger partial charge in [0.1, 0.15) is 5.75 Å². The van der Waals surface area contributed by atoms with Crippen LogP contribution in [0.1, 0.15) is 49.9 Å². The van der Waals surface area contributed by atoms with E-state index in [1.165, 1.54) is 12.8 Å². The molecule has 1 fully saturated rings. The molecule has 0 bridgehead atoms. The molecule has 18 heavy (non-hydrogen) atoms. The van der Waals surface area contributed by atoms with Gasteiger partial charge in [0.25, 0.3) is 0 Å². The number of halogens is 1. The topological polar surface area (TPSA) is 26.3 Å².